The van der Waals surface area contributed by atoms with E-state index in [0.29, 0.717) is 6.42 Å². The van der Waals surface area contributed by atoms with Crippen LogP contribution in [0.3, 0.4) is 0 Å². The van der Waals surface area contributed by atoms with Gasteiger partial charge < -0.3 is 10.1 Å². The van der Waals surface area contributed by atoms with E-state index in [1.54, 1.807) is 7.11 Å². The highest BCUT2D eigenvalue weighted by molar-refractivity contribution is 9.10. The van der Waals surface area contributed by atoms with Crippen molar-refractivity contribution in [2.45, 2.75) is 19.4 Å². The third-order valence-corrected chi connectivity index (χ3v) is 3.74. The minimum Gasteiger partial charge on any atom is -0.496 e. The molecule has 2 aromatic rings. The van der Waals surface area contributed by atoms with Gasteiger partial charge in [0.25, 0.3) is 0 Å². The number of methoxy groups -OCH3 is 1. The highest BCUT2D eigenvalue weighted by Gasteiger charge is 2.12. The number of nitrogens with one attached hydrogen (secondary N) is 1. The summed E-state index contributed by atoms with van der Waals surface area (Å²) in [6, 6.07) is 9.84. The molecule has 0 radical (unpaired) electrons. The first-order valence-corrected chi connectivity index (χ1v) is 7.33. The molecule has 0 heterocycles. The topological polar surface area (TPSA) is 21.3 Å². The number of ether oxygens (including phenoxy) is 1. The van der Waals surface area contributed by atoms with E-state index in [1.807, 2.05) is 31.2 Å². The van der Waals surface area contributed by atoms with E-state index in [4.69, 9.17) is 4.74 Å². The second kappa shape index (κ2) is 6.89. The maximum Gasteiger partial charge on any atom is 0.147 e. The van der Waals surface area contributed by atoms with Gasteiger partial charge in [-0.25, -0.2) is 8.78 Å². The summed E-state index contributed by atoms with van der Waals surface area (Å²) in [6.07, 6.45) is 0.640. The minimum absolute atomic E-state index is 0.0728. The average molecular weight is 356 g/mol. The highest BCUT2D eigenvalue weighted by atomic mass is 79.9. The van der Waals surface area contributed by atoms with Gasteiger partial charge in [-0.3, -0.25) is 0 Å². The SMILES string of the molecule is COc1ccccc1CC(C)Nc1cc(F)c(Br)cc1F. The summed E-state index contributed by atoms with van der Waals surface area (Å²) in [6.45, 7) is 1.91. The van der Waals surface area contributed by atoms with Crippen LogP contribution < -0.4 is 10.1 Å². The normalized spacial score (nSPS) is 12.0. The smallest absolute Gasteiger partial charge is 0.147 e. The maximum absolute atomic E-state index is 13.8. The summed E-state index contributed by atoms with van der Waals surface area (Å²) in [7, 11) is 1.61. The molecule has 0 aliphatic carbocycles. The Balaban J connectivity index is 2.12. The first-order valence-electron chi connectivity index (χ1n) is 6.54. The zero-order chi connectivity index (χ0) is 15.4. The molecule has 2 rings (SSSR count). The first-order chi connectivity index (χ1) is 10.0. The van der Waals surface area contributed by atoms with Gasteiger partial charge in [0.15, 0.2) is 0 Å². The van der Waals surface area contributed by atoms with Gasteiger partial charge in [0.2, 0.25) is 0 Å². The van der Waals surface area contributed by atoms with Gasteiger partial charge in [-0.2, -0.15) is 0 Å². The number of halogens is 3. The number of para-hydroxylation sites is 1. The van der Waals surface area contributed by atoms with Crippen molar-refractivity contribution in [1.29, 1.82) is 0 Å². The third kappa shape index (κ3) is 3.94. The average Bonchev–Trinajstić information content (AvgIpc) is 2.45. The molecule has 0 spiro atoms. The van der Waals surface area contributed by atoms with Crippen molar-refractivity contribution >= 4 is 21.6 Å². The van der Waals surface area contributed by atoms with Crippen molar-refractivity contribution in [3.8, 4) is 5.75 Å². The van der Waals surface area contributed by atoms with E-state index in [1.165, 1.54) is 0 Å². The Morgan fingerprint density at radius 2 is 1.90 bits per heavy atom. The molecule has 2 aromatic carbocycles. The predicted octanol–water partition coefficient (Wildman–Crippen LogP) is 4.78. The molecule has 0 saturated heterocycles. The molecule has 21 heavy (non-hydrogen) atoms. The van der Waals surface area contributed by atoms with E-state index in [9.17, 15) is 8.78 Å². The number of hydrogen-bond donors (Lipinski definition) is 1. The summed E-state index contributed by atoms with van der Waals surface area (Å²) in [4.78, 5) is 0. The second-order valence-corrected chi connectivity index (χ2v) is 5.66. The molecule has 1 atom stereocenters. The van der Waals surface area contributed by atoms with Crippen molar-refractivity contribution in [3.63, 3.8) is 0 Å². The fourth-order valence-electron chi connectivity index (χ4n) is 2.15. The molecular weight excluding hydrogens is 340 g/mol. The van der Waals surface area contributed by atoms with E-state index < -0.39 is 11.6 Å². The van der Waals surface area contributed by atoms with Crippen LogP contribution in [0, 0.1) is 11.6 Å². The number of benzene rings is 2. The van der Waals surface area contributed by atoms with E-state index in [2.05, 4.69) is 21.2 Å². The summed E-state index contributed by atoms with van der Waals surface area (Å²) in [5.74, 6) is -0.202. The molecule has 1 unspecified atom stereocenters. The van der Waals surface area contributed by atoms with Crippen molar-refractivity contribution in [3.05, 3.63) is 58.1 Å². The highest BCUT2D eigenvalue weighted by Crippen LogP contribution is 2.25. The van der Waals surface area contributed by atoms with E-state index in [-0.39, 0.29) is 16.2 Å². The Hall–Kier alpha value is -1.62. The van der Waals surface area contributed by atoms with Gasteiger partial charge in [0.05, 0.1) is 17.3 Å². The summed E-state index contributed by atoms with van der Waals surface area (Å²) in [5.41, 5.74) is 1.16. The minimum atomic E-state index is -0.497. The number of rotatable bonds is 5. The fraction of sp³-hybridized carbons (Fsp3) is 0.250. The summed E-state index contributed by atoms with van der Waals surface area (Å²) < 4.78 is 32.7. The van der Waals surface area contributed by atoms with Gasteiger partial charge in [-0.05, 0) is 47.0 Å². The van der Waals surface area contributed by atoms with Crippen LogP contribution in [-0.4, -0.2) is 13.2 Å². The molecule has 0 aliphatic rings. The lowest BCUT2D eigenvalue weighted by molar-refractivity contribution is 0.409. The van der Waals surface area contributed by atoms with Crippen LogP contribution in [0.25, 0.3) is 0 Å². The molecular formula is C16H16BrF2NO. The molecule has 2 nitrogen and oxygen atoms in total. The largest absolute Gasteiger partial charge is 0.496 e. The van der Waals surface area contributed by atoms with Crippen LogP contribution in [0.5, 0.6) is 5.75 Å². The van der Waals surface area contributed by atoms with Crippen molar-refractivity contribution in [1.82, 2.24) is 0 Å². The van der Waals surface area contributed by atoms with E-state index in [0.717, 1.165) is 23.4 Å². The Kier molecular flexibility index (Phi) is 5.17. The zero-order valence-electron chi connectivity index (χ0n) is 11.8. The van der Waals surface area contributed by atoms with Crippen molar-refractivity contribution in [2.75, 3.05) is 12.4 Å². The second-order valence-electron chi connectivity index (χ2n) is 4.81. The Morgan fingerprint density at radius 3 is 2.62 bits per heavy atom. The molecule has 0 amide bonds. The van der Waals surface area contributed by atoms with Crippen LogP contribution in [0.2, 0.25) is 0 Å². The number of anilines is 1. The van der Waals surface area contributed by atoms with Crippen LogP contribution in [-0.2, 0) is 6.42 Å². The molecule has 0 fully saturated rings. The van der Waals surface area contributed by atoms with Crippen molar-refractivity contribution in [2.24, 2.45) is 0 Å². The van der Waals surface area contributed by atoms with Gasteiger partial charge in [0, 0.05) is 12.1 Å². The van der Waals surface area contributed by atoms with Crippen LogP contribution in [0.4, 0.5) is 14.5 Å². The lowest BCUT2D eigenvalue weighted by Crippen LogP contribution is -2.19. The van der Waals surface area contributed by atoms with Crippen LogP contribution >= 0.6 is 15.9 Å². The Bertz CT molecular complexity index is 634. The lowest BCUT2D eigenvalue weighted by atomic mass is 10.1. The van der Waals surface area contributed by atoms with Gasteiger partial charge in [0.1, 0.15) is 17.4 Å². The first kappa shape index (κ1) is 15.8. The molecule has 1 N–H and O–H groups in total. The van der Waals surface area contributed by atoms with Crippen LogP contribution in [0.1, 0.15) is 12.5 Å². The van der Waals surface area contributed by atoms with Crippen molar-refractivity contribution < 1.29 is 13.5 Å². The molecule has 0 aromatic heterocycles. The van der Waals surface area contributed by atoms with Gasteiger partial charge >= 0.3 is 0 Å². The van der Waals surface area contributed by atoms with Gasteiger partial charge in [-0.15, -0.1) is 0 Å². The monoisotopic (exact) mass is 355 g/mol. The predicted molar refractivity (Wildman–Crippen MR) is 83.8 cm³/mol. The summed E-state index contributed by atoms with van der Waals surface area (Å²) >= 11 is 2.96. The standard InChI is InChI=1S/C16H16BrF2NO/c1-10(7-11-5-3-4-6-16(11)21-2)20-15-9-13(18)12(17)8-14(15)19/h3-6,8-10,20H,7H2,1-2H3. The maximum atomic E-state index is 13.8. The number of hydrogen-bond acceptors (Lipinski definition) is 2. The fourth-order valence-corrected chi connectivity index (χ4v) is 2.47. The summed E-state index contributed by atoms with van der Waals surface area (Å²) in [5, 5.41) is 2.99. The van der Waals surface area contributed by atoms with E-state index >= 15 is 0 Å². The Morgan fingerprint density at radius 1 is 1.19 bits per heavy atom. The molecule has 0 bridgehead atoms. The Labute approximate surface area is 131 Å². The zero-order valence-corrected chi connectivity index (χ0v) is 13.4. The van der Waals surface area contributed by atoms with Gasteiger partial charge in [-0.1, -0.05) is 18.2 Å². The van der Waals surface area contributed by atoms with Crippen LogP contribution in [0.15, 0.2) is 40.9 Å². The molecule has 0 saturated carbocycles. The molecule has 112 valence electrons. The molecule has 0 aliphatic heterocycles. The third-order valence-electron chi connectivity index (χ3n) is 3.13. The lowest BCUT2D eigenvalue weighted by Gasteiger charge is -2.17. The quantitative estimate of drug-likeness (QED) is 0.779. The molecule has 5 heteroatoms.